The summed E-state index contributed by atoms with van der Waals surface area (Å²) in [6, 6.07) is 1.99. The van der Waals surface area contributed by atoms with Gasteiger partial charge in [-0.3, -0.25) is 0 Å². The molecule has 0 saturated carbocycles. The highest BCUT2D eigenvalue weighted by Crippen LogP contribution is 2.22. The predicted octanol–water partition coefficient (Wildman–Crippen LogP) is 2.97. The van der Waals surface area contributed by atoms with E-state index in [1.807, 2.05) is 12.3 Å². The maximum atomic E-state index is 4.22. The third kappa shape index (κ3) is 2.21. The normalized spacial score (nSPS) is 9.92. The number of pyridine rings is 1. The lowest BCUT2D eigenvalue weighted by Crippen LogP contribution is -2.02. The van der Waals surface area contributed by atoms with Crippen LogP contribution in [0.4, 0.5) is 5.82 Å². The maximum absolute atomic E-state index is 4.22. The number of nitrogens with one attached hydrogen (secondary N) is 1. The molecular formula is C9H13BrN2. The lowest BCUT2D eigenvalue weighted by atomic mass is 10.3. The molecule has 0 amide bonds. The molecule has 12 heavy (non-hydrogen) atoms. The minimum absolute atomic E-state index is 0.942. The number of halogens is 1. The van der Waals surface area contributed by atoms with E-state index >= 15 is 0 Å². The summed E-state index contributed by atoms with van der Waals surface area (Å²) in [5.74, 6) is 0.942. The molecule has 66 valence electrons. The van der Waals surface area contributed by atoms with Crippen LogP contribution in [-0.4, -0.2) is 11.5 Å². The Kier molecular flexibility index (Phi) is 3.53. The van der Waals surface area contributed by atoms with Crippen molar-refractivity contribution in [1.29, 1.82) is 0 Å². The van der Waals surface area contributed by atoms with Crippen LogP contribution < -0.4 is 5.32 Å². The molecule has 1 heterocycles. The van der Waals surface area contributed by atoms with E-state index in [4.69, 9.17) is 0 Å². The topological polar surface area (TPSA) is 24.9 Å². The van der Waals surface area contributed by atoms with Crippen LogP contribution in [0.25, 0.3) is 0 Å². The van der Waals surface area contributed by atoms with Crippen molar-refractivity contribution in [2.45, 2.75) is 20.3 Å². The van der Waals surface area contributed by atoms with E-state index in [1.165, 1.54) is 5.56 Å². The van der Waals surface area contributed by atoms with Crippen molar-refractivity contribution in [2.24, 2.45) is 0 Å². The average molecular weight is 229 g/mol. The third-order valence-electron chi connectivity index (χ3n) is 1.62. The Morgan fingerprint density at radius 3 is 3.00 bits per heavy atom. The standard InChI is InChI=1S/C9H13BrN2/c1-3-5-11-9-8(10)7(2)4-6-12-9/h4,6H,3,5H2,1-2H3,(H,11,12). The van der Waals surface area contributed by atoms with Gasteiger partial charge in [-0.2, -0.15) is 0 Å². The van der Waals surface area contributed by atoms with Crippen molar-refractivity contribution in [1.82, 2.24) is 4.98 Å². The van der Waals surface area contributed by atoms with Gasteiger partial charge in [-0.25, -0.2) is 4.98 Å². The van der Waals surface area contributed by atoms with Crippen molar-refractivity contribution < 1.29 is 0 Å². The van der Waals surface area contributed by atoms with Gasteiger partial charge in [0.05, 0.1) is 4.47 Å². The largest absolute Gasteiger partial charge is 0.369 e. The molecule has 0 atom stereocenters. The lowest BCUT2D eigenvalue weighted by Gasteiger charge is -2.06. The lowest BCUT2D eigenvalue weighted by molar-refractivity contribution is 0.966. The zero-order valence-electron chi connectivity index (χ0n) is 7.39. The number of rotatable bonds is 3. The number of anilines is 1. The Bertz CT molecular complexity index is 261. The molecule has 2 nitrogen and oxygen atoms in total. The fourth-order valence-electron chi connectivity index (χ4n) is 0.907. The summed E-state index contributed by atoms with van der Waals surface area (Å²) in [6.07, 6.45) is 2.93. The van der Waals surface area contributed by atoms with Gasteiger partial charge < -0.3 is 5.32 Å². The molecule has 0 aliphatic carbocycles. The second kappa shape index (κ2) is 4.45. The first-order valence-electron chi connectivity index (χ1n) is 4.10. The molecule has 1 aromatic rings. The molecule has 1 N–H and O–H groups in total. The van der Waals surface area contributed by atoms with Gasteiger partial charge >= 0.3 is 0 Å². The van der Waals surface area contributed by atoms with Crippen LogP contribution in [0, 0.1) is 6.92 Å². The minimum Gasteiger partial charge on any atom is -0.369 e. The van der Waals surface area contributed by atoms with E-state index in [9.17, 15) is 0 Å². The van der Waals surface area contributed by atoms with Crippen LogP contribution in [0.1, 0.15) is 18.9 Å². The average Bonchev–Trinajstić information content (AvgIpc) is 2.08. The van der Waals surface area contributed by atoms with Gasteiger partial charge in [-0.1, -0.05) is 6.92 Å². The van der Waals surface area contributed by atoms with Crippen LogP contribution in [0.2, 0.25) is 0 Å². The van der Waals surface area contributed by atoms with Gasteiger partial charge in [0.15, 0.2) is 0 Å². The van der Waals surface area contributed by atoms with Crippen LogP contribution >= 0.6 is 15.9 Å². The Hall–Kier alpha value is -0.570. The van der Waals surface area contributed by atoms with Crippen molar-refractivity contribution in [3.8, 4) is 0 Å². The molecular weight excluding hydrogens is 216 g/mol. The summed E-state index contributed by atoms with van der Waals surface area (Å²) < 4.78 is 1.07. The molecule has 1 rings (SSSR count). The van der Waals surface area contributed by atoms with E-state index in [0.29, 0.717) is 0 Å². The molecule has 3 heteroatoms. The monoisotopic (exact) mass is 228 g/mol. The van der Waals surface area contributed by atoms with E-state index in [2.05, 4.69) is 40.1 Å². The number of nitrogens with zero attached hydrogens (tertiary/aromatic N) is 1. The number of hydrogen-bond donors (Lipinski definition) is 1. The summed E-state index contributed by atoms with van der Waals surface area (Å²) in [5.41, 5.74) is 1.21. The first kappa shape index (κ1) is 9.52. The molecule has 0 radical (unpaired) electrons. The maximum Gasteiger partial charge on any atom is 0.140 e. The third-order valence-corrected chi connectivity index (χ3v) is 2.63. The summed E-state index contributed by atoms with van der Waals surface area (Å²) in [7, 11) is 0. The highest BCUT2D eigenvalue weighted by molar-refractivity contribution is 9.10. The van der Waals surface area contributed by atoms with Crippen molar-refractivity contribution in [2.75, 3.05) is 11.9 Å². The molecule has 0 fully saturated rings. The summed E-state index contributed by atoms with van der Waals surface area (Å²) in [6.45, 7) is 5.16. The van der Waals surface area contributed by atoms with Gasteiger partial charge in [0.25, 0.3) is 0 Å². The Labute approximate surface area is 81.5 Å². The van der Waals surface area contributed by atoms with Crippen molar-refractivity contribution in [3.05, 3.63) is 22.3 Å². The summed E-state index contributed by atoms with van der Waals surface area (Å²) >= 11 is 3.49. The second-order valence-electron chi connectivity index (χ2n) is 2.72. The zero-order chi connectivity index (χ0) is 8.97. The van der Waals surface area contributed by atoms with Crippen LogP contribution in [0.15, 0.2) is 16.7 Å². The number of aromatic nitrogens is 1. The molecule has 0 aliphatic heterocycles. The zero-order valence-corrected chi connectivity index (χ0v) is 8.98. The van der Waals surface area contributed by atoms with Crippen LogP contribution in [0.5, 0.6) is 0 Å². The molecule has 0 unspecified atom stereocenters. The van der Waals surface area contributed by atoms with Gasteiger partial charge in [0, 0.05) is 12.7 Å². The second-order valence-corrected chi connectivity index (χ2v) is 3.51. The van der Waals surface area contributed by atoms with Crippen molar-refractivity contribution in [3.63, 3.8) is 0 Å². The molecule has 0 aromatic carbocycles. The first-order valence-corrected chi connectivity index (χ1v) is 4.90. The quantitative estimate of drug-likeness (QED) is 0.861. The highest BCUT2D eigenvalue weighted by atomic mass is 79.9. The van der Waals surface area contributed by atoms with E-state index in [0.717, 1.165) is 23.3 Å². The van der Waals surface area contributed by atoms with E-state index in [1.54, 1.807) is 0 Å². The first-order chi connectivity index (χ1) is 5.75. The molecule has 0 aliphatic rings. The van der Waals surface area contributed by atoms with Gasteiger partial charge in [-0.15, -0.1) is 0 Å². The minimum atomic E-state index is 0.942. The number of aryl methyl sites for hydroxylation is 1. The molecule has 0 spiro atoms. The highest BCUT2D eigenvalue weighted by Gasteiger charge is 2.01. The van der Waals surface area contributed by atoms with Crippen LogP contribution in [0.3, 0.4) is 0 Å². The molecule has 1 aromatic heterocycles. The van der Waals surface area contributed by atoms with E-state index in [-0.39, 0.29) is 0 Å². The molecule has 0 saturated heterocycles. The number of hydrogen-bond acceptors (Lipinski definition) is 2. The van der Waals surface area contributed by atoms with E-state index < -0.39 is 0 Å². The van der Waals surface area contributed by atoms with Crippen molar-refractivity contribution >= 4 is 21.7 Å². The predicted molar refractivity (Wildman–Crippen MR) is 55.5 cm³/mol. The van der Waals surface area contributed by atoms with Gasteiger partial charge in [-0.05, 0) is 40.9 Å². The Morgan fingerprint density at radius 1 is 1.58 bits per heavy atom. The van der Waals surface area contributed by atoms with Crippen LogP contribution in [-0.2, 0) is 0 Å². The Balaban J connectivity index is 2.78. The van der Waals surface area contributed by atoms with Gasteiger partial charge in [0.2, 0.25) is 0 Å². The fraction of sp³-hybridized carbons (Fsp3) is 0.444. The fourth-order valence-corrected chi connectivity index (χ4v) is 1.28. The SMILES string of the molecule is CCCNc1nccc(C)c1Br. The summed E-state index contributed by atoms with van der Waals surface area (Å²) in [4.78, 5) is 4.22. The summed E-state index contributed by atoms with van der Waals surface area (Å²) in [5, 5.41) is 3.25. The Morgan fingerprint density at radius 2 is 2.33 bits per heavy atom. The molecule has 0 bridgehead atoms. The van der Waals surface area contributed by atoms with Gasteiger partial charge in [0.1, 0.15) is 5.82 Å². The smallest absolute Gasteiger partial charge is 0.140 e.